The lowest BCUT2D eigenvalue weighted by Gasteiger charge is -2.16. The molecule has 20 heavy (non-hydrogen) atoms. The summed E-state index contributed by atoms with van der Waals surface area (Å²) in [6.45, 7) is 0. The Hall–Kier alpha value is -0.790. The van der Waals surface area contributed by atoms with Crippen LogP contribution in [-0.2, 0) is 6.42 Å². The van der Waals surface area contributed by atoms with Crippen LogP contribution in [0, 0.1) is 2.88 Å². The SMILES string of the molecule is CNC(Cc1ccc(OC)c(OC)c1)c1csc(I)c1. The number of likely N-dealkylation sites (N-methyl/N-ethyl adjacent to an activating group) is 1. The number of halogens is 1. The summed E-state index contributed by atoms with van der Waals surface area (Å²) in [6.07, 6.45) is 0.920. The number of rotatable bonds is 6. The number of methoxy groups -OCH3 is 2. The van der Waals surface area contributed by atoms with Gasteiger partial charge in [-0.05, 0) is 70.8 Å². The van der Waals surface area contributed by atoms with E-state index >= 15 is 0 Å². The summed E-state index contributed by atoms with van der Waals surface area (Å²) in [5.41, 5.74) is 2.56. The predicted molar refractivity (Wildman–Crippen MR) is 92.1 cm³/mol. The Morgan fingerprint density at radius 1 is 1.20 bits per heavy atom. The molecule has 0 amide bonds. The van der Waals surface area contributed by atoms with Gasteiger partial charge in [0.05, 0.1) is 17.1 Å². The van der Waals surface area contributed by atoms with E-state index in [1.165, 1.54) is 14.0 Å². The van der Waals surface area contributed by atoms with Gasteiger partial charge < -0.3 is 14.8 Å². The molecule has 1 aromatic heterocycles. The van der Waals surface area contributed by atoms with E-state index in [4.69, 9.17) is 9.47 Å². The first-order valence-electron chi connectivity index (χ1n) is 6.30. The zero-order valence-corrected chi connectivity index (χ0v) is 14.7. The lowest BCUT2D eigenvalue weighted by atomic mass is 10.0. The number of ether oxygens (including phenoxy) is 2. The van der Waals surface area contributed by atoms with Crippen LogP contribution >= 0.6 is 33.9 Å². The molecular formula is C15H18INO2S. The van der Waals surface area contributed by atoms with E-state index < -0.39 is 0 Å². The molecule has 2 aromatic rings. The summed E-state index contributed by atoms with van der Waals surface area (Å²) in [5, 5.41) is 5.59. The van der Waals surface area contributed by atoms with Crippen molar-refractivity contribution in [2.24, 2.45) is 0 Å². The molecule has 0 spiro atoms. The van der Waals surface area contributed by atoms with Gasteiger partial charge in [-0.15, -0.1) is 11.3 Å². The van der Waals surface area contributed by atoms with Gasteiger partial charge in [0.1, 0.15) is 0 Å². The molecule has 0 aliphatic carbocycles. The smallest absolute Gasteiger partial charge is 0.160 e. The molecule has 1 atom stereocenters. The van der Waals surface area contributed by atoms with Crippen molar-refractivity contribution in [3.05, 3.63) is 43.7 Å². The highest BCUT2D eigenvalue weighted by molar-refractivity contribution is 14.1. The zero-order valence-electron chi connectivity index (χ0n) is 11.8. The van der Waals surface area contributed by atoms with E-state index in [0.717, 1.165) is 17.9 Å². The molecule has 1 aromatic carbocycles. The number of thiophene rings is 1. The van der Waals surface area contributed by atoms with Gasteiger partial charge >= 0.3 is 0 Å². The Balaban J connectivity index is 2.19. The van der Waals surface area contributed by atoms with Crippen LogP contribution < -0.4 is 14.8 Å². The second-order valence-electron chi connectivity index (χ2n) is 4.42. The molecule has 0 bridgehead atoms. The van der Waals surface area contributed by atoms with Crippen molar-refractivity contribution >= 4 is 33.9 Å². The van der Waals surface area contributed by atoms with E-state index in [-0.39, 0.29) is 0 Å². The summed E-state index contributed by atoms with van der Waals surface area (Å²) in [7, 11) is 5.32. The quantitative estimate of drug-likeness (QED) is 0.743. The topological polar surface area (TPSA) is 30.5 Å². The van der Waals surface area contributed by atoms with Crippen LogP contribution in [0.1, 0.15) is 17.2 Å². The first-order valence-corrected chi connectivity index (χ1v) is 8.26. The van der Waals surface area contributed by atoms with Crippen molar-refractivity contribution in [3.8, 4) is 11.5 Å². The van der Waals surface area contributed by atoms with Crippen LogP contribution in [0.25, 0.3) is 0 Å². The van der Waals surface area contributed by atoms with Crippen LogP contribution in [0.5, 0.6) is 11.5 Å². The predicted octanol–water partition coefficient (Wildman–Crippen LogP) is 3.87. The fraction of sp³-hybridized carbons (Fsp3) is 0.333. The lowest BCUT2D eigenvalue weighted by molar-refractivity contribution is 0.354. The van der Waals surface area contributed by atoms with Gasteiger partial charge in [-0.25, -0.2) is 0 Å². The van der Waals surface area contributed by atoms with E-state index in [0.29, 0.717) is 6.04 Å². The average molecular weight is 403 g/mol. The molecule has 1 N–H and O–H groups in total. The van der Waals surface area contributed by atoms with Gasteiger partial charge in [-0.2, -0.15) is 0 Å². The van der Waals surface area contributed by atoms with Gasteiger partial charge in [0.25, 0.3) is 0 Å². The molecule has 0 saturated heterocycles. The molecule has 1 heterocycles. The van der Waals surface area contributed by atoms with Crippen LogP contribution in [0.3, 0.4) is 0 Å². The molecule has 108 valence electrons. The number of benzene rings is 1. The van der Waals surface area contributed by atoms with Crippen molar-refractivity contribution in [1.29, 1.82) is 0 Å². The highest BCUT2D eigenvalue weighted by atomic mass is 127. The highest BCUT2D eigenvalue weighted by Gasteiger charge is 2.13. The molecule has 3 nitrogen and oxygen atoms in total. The van der Waals surface area contributed by atoms with E-state index in [9.17, 15) is 0 Å². The Bertz CT molecular complexity index is 571. The van der Waals surface area contributed by atoms with Crippen LogP contribution in [-0.4, -0.2) is 21.3 Å². The van der Waals surface area contributed by atoms with Crippen molar-refractivity contribution in [1.82, 2.24) is 5.32 Å². The van der Waals surface area contributed by atoms with Gasteiger partial charge in [-0.3, -0.25) is 0 Å². The minimum Gasteiger partial charge on any atom is -0.493 e. The Morgan fingerprint density at radius 3 is 2.50 bits per heavy atom. The van der Waals surface area contributed by atoms with Crippen LogP contribution in [0.2, 0.25) is 0 Å². The van der Waals surface area contributed by atoms with E-state index in [2.05, 4.69) is 45.4 Å². The standard InChI is InChI=1S/C15H18INO2S/c1-17-12(11-8-15(16)20-9-11)6-10-4-5-13(18-2)14(7-10)19-3/h4-5,7-9,12,17H,6H2,1-3H3. The minimum absolute atomic E-state index is 0.313. The van der Waals surface area contributed by atoms with Crippen molar-refractivity contribution in [3.63, 3.8) is 0 Å². The molecule has 0 aliphatic rings. The maximum Gasteiger partial charge on any atom is 0.160 e. The maximum atomic E-state index is 5.36. The van der Waals surface area contributed by atoms with E-state index in [1.807, 2.05) is 19.2 Å². The number of hydrogen-bond acceptors (Lipinski definition) is 4. The second kappa shape index (κ2) is 7.28. The monoisotopic (exact) mass is 403 g/mol. The molecular weight excluding hydrogens is 385 g/mol. The fourth-order valence-corrected chi connectivity index (χ4v) is 3.56. The molecule has 0 fully saturated rings. The Labute approximate surface area is 137 Å². The summed E-state index contributed by atoms with van der Waals surface area (Å²) in [6, 6.07) is 8.63. The van der Waals surface area contributed by atoms with Crippen molar-refractivity contribution in [2.75, 3.05) is 21.3 Å². The number of nitrogens with one attached hydrogen (secondary N) is 1. The Kier molecular flexibility index (Phi) is 5.68. The fourth-order valence-electron chi connectivity index (χ4n) is 2.14. The summed E-state index contributed by atoms with van der Waals surface area (Å²) in [5.74, 6) is 1.54. The molecule has 2 rings (SSSR count). The highest BCUT2D eigenvalue weighted by Crippen LogP contribution is 2.30. The average Bonchev–Trinajstić information content (AvgIpc) is 2.90. The third-order valence-corrected chi connectivity index (χ3v) is 5.03. The summed E-state index contributed by atoms with van der Waals surface area (Å²) < 4.78 is 11.9. The van der Waals surface area contributed by atoms with Crippen molar-refractivity contribution in [2.45, 2.75) is 12.5 Å². The third kappa shape index (κ3) is 3.65. The maximum absolute atomic E-state index is 5.36. The summed E-state index contributed by atoms with van der Waals surface area (Å²) in [4.78, 5) is 0. The molecule has 5 heteroatoms. The summed E-state index contributed by atoms with van der Waals surface area (Å²) >= 11 is 4.13. The lowest BCUT2D eigenvalue weighted by Crippen LogP contribution is -2.18. The molecule has 1 unspecified atom stereocenters. The normalized spacial score (nSPS) is 12.2. The van der Waals surface area contributed by atoms with Crippen molar-refractivity contribution < 1.29 is 9.47 Å². The molecule has 0 saturated carbocycles. The molecule has 0 aliphatic heterocycles. The first kappa shape index (κ1) is 15.6. The number of hydrogen-bond donors (Lipinski definition) is 1. The van der Waals surface area contributed by atoms with E-state index in [1.54, 1.807) is 25.6 Å². The van der Waals surface area contributed by atoms with Gasteiger partial charge in [0.15, 0.2) is 11.5 Å². The van der Waals surface area contributed by atoms with Gasteiger partial charge in [0.2, 0.25) is 0 Å². The zero-order chi connectivity index (χ0) is 14.5. The second-order valence-corrected chi connectivity index (χ2v) is 7.22. The minimum atomic E-state index is 0.313. The van der Waals surface area contributed by atoms with Gasteiger partial charge in [-0.1, -0.05) is 6.07 Å². The van der Waals surface area contributed by atoms with Gasteiger partial charge in [0, 0.05) is 6.04 Å². The Morgan fingerprint density at radius 2 is 1.95 bits per heavy atom. The largest absolute Gasteiger partial charge is 0.493 e. The third-order valence-electron chi connectivity index (χ3n) is 3.23. The first-order chi connectivity index (χ1) is 9.67. The molecule has 0 radical (unpaired) electrons. The van der Waals surface area contributed by atoms with Crippen LogP contribution in [0.4, 0.5) is 0 Å². The van der Waals surface area contributed by atoms with Crippen LogP contribution in [0.15, 0.2) is 29.6 Å².